The van der Waals surface area contributed by atoms with Gasteiger partial charge in [-0.2, -0.15) is 0 Å². The van der Waals surface area contributed by atoms with E-state index in [1.54, 1.807) is 5.38 Å². The number of nitro benzene ring substituents is 1. The van der Waals surface area contributed by atoms with E-state index in [2.05, 4.69) is 10.3 Å². The fourth-order valence-electron chi connectivity index (χ4n) is 2.38. The number of benzene rings is 2. The topological polar surface area (TPSA) is 94.4 Å². The lowest BCUT2D eigenvalue weighted by atomic mass is 10.1. The number of para-hydroxylation sites is 1. The molecular weight excluding hydrogens is 390 g/mol. The molecule has 1 N–H and O–H groups in total. The number of ether oxygens (including phenoxy) is 1. The minimum absolute atomic E-state index is 0.0114. The van der Waals surface area contributed by atoms with E-state index in [-0.39, 0.29) is 16.3 Å². The van der Waals surface area contributed by atoms with Gasteiger partial charge in [0.15, 0.2) is 5.13 Å². The maximum absolute atomic E-state index is 12.4. The zero-order valence-corrected chi connectivity index (χ0v) is 15.7. The number of non-ortho nitro benzene ring substituents is 1. The van der Waals surface area contributed by atoms with Crippen molar-refractivity contribution in [2.75, 3.05) is 11.9 Å². The molecule has 0 atom stereocenters. The molecule has 7 nitrogen and oxygen atoms in total. The lowest BCUT2D eigenvalue weighted by molar-refractivity contribution is -0.384. The summed E-state index contributed by atoms with van der Waals surface area (Å²) >= 11 is 7.24. The molecule has 138 valence electrons. The standard InChI is InChI=1S/C18H14ClN3O4S/c1-2-26-16-6-4-3-5-12(16)15-10-27-18(20-15)21-17(23)13-9-11(22(24)25)7-8-14(13)19/h3-10H,2H2,1H3,(H,20,21,23). The van der Waals surface area contributed by atoms with Crippen molar-refractivity contribution >= 4 is 39.7 Å². The van der Waals surface area contributed by atoms with E-state index in [1.165, 1.54) is 23.5 Å². The number of halogens is 1. The predicted octanol–water partition coefficient (Wildman–Crippen LogP) is 5.02. The van der Waals surface area contributed by atoms with Crippen molar-refractivity contribution in [3.63, 3.8) is 0 Å². The molecule has 1 aromatic heterocycles. The van der Waals surface area contributed by atoms with Crippen LogP contribution in [0.4, 0.5) is 10.8 Å². The highest BCUT2D eigenvalue weighted by molar-refractivity contribution is 7.14. The van der Waals surface area contributed by atoms with Crippen molar-refractivity contribution in [2.45, 2.75) is 6.92 Å². The third-order valence-electron chi connectivity index (χ3n) is 3.59. The van der Waals surface area contributed by atoms with Crippen molar-refractivity contribution in [3.05, 3.63) is 68.5 Å². The lowest BCUT2D eigenvalue weighted by Gasteiger charge is -2.07. The van der Waals surface area contributed by atoms with Crippen LogP contribution in [0.15, 0.2) is 47.8 Å². The van der Waals surface area contributed by atoms with Crippen LogP contribution in [0.5, 0.6) is 5.75 Å². The number of nitrogens with one attached hydrogen (secondary N) is 1. The summed E-state index contributed by atoms with van der Waals surface area (Å²) in [4.78, 5) is 27.2. The quantitative estimate of drug-likeness (QED) is 0.460. The number of hydrogen-bond acceptors (Lipinski definition) is 6. The summed E-state index contributed by atoms with van der Waals surface area (Å²) in [5.41, 5.74) is 1.27. The Labute approximate surface area is 163 Å². The minimum Gasteiger partial charge on any atom is -0.493 e. The Hall–Kier alpha value is -2.97. The summed E-state index contributed by atoms with van der Waals surface area (Å²) in [6.45, 7) is 2.42. The first-order valence-corrected chi connectivity index (χ1v) is 9.18. The minimum atomic E-state index is -0.584. The van der Waals surface area contributed by atoms with Crippen molar-refractivity contribution in [1.29, 1.82) is 0 Å². The van der Waals surface area contributed by atoms with E-state index in [1.807, 2.05) is 31.2 Å². The number of carbonyl (C=O) groups is 1. The van der Waals surface area contributed by atoms with Gasteiger partial charge in [-0.1, -0.05) is 23.7 Å². The van der Waals surface area contributed by atoms with Crippen molar-refractivity contribution < 1.29 is 14.5 Å². The van der Waals surface area contributed by atoms with Crippen LogP contribution < -0.4 is 10.1 Å². The highest BCUT2D eigenvalue weighted by Crippen LogP contribution is 2.32. The van der Waals surface area contributed by atoms with E-state index in [9.17, 15) is 14.9 Å². The van der Waals surface area contributed by atoms with Gasteiger partial charge in [0.1, 0.15) is 5.75 Å². The predicted molar refractivity (Wildman–Crippen MR) is 105 cm³/mol. The second-order valence-corrected chi connectivity index (χ2v) is 6.61. The summed E-state index contributed by atoms with van der Waals surface area (Å²) < 4.78 is 5.60. The second kappa shape index (κ2) is 8.15. The fourth-order valence-corrected chi connectivity index (χ4v) is 3.29. The summed E-state index contributed by atoms with van der Waals surface area (Å²) in [5, 5.41) is 15.8. The first-order valence-electron chi connectivity index (χ1n) is 7.92. The number of amides is 1. The first-order chi connectivity index (χ1) is 13.0. The van der Waals surface area contributed by atoms with Gasteiger partial charge in [-0.25, -0.2) is 4.98 Å². The highest BCUT2D eigenvalue weighted by atomic mass is 35.5. The monoisotopic (exact) mass is 403 g/mol. The summed E-state index contributed by atoms with van der Waals surface area (Å²) in [6, 6.07) is 11.2. The van der Waals surface area contributed by atoms with E-state index < -0.39 is 10.8 Å². The molecule has 0 saturated heterocycles. The van der Waals surface area contributed by atoms with E-state index >= 15 is 0 Å². The number of rotatable bonds is 6. The molecule has 1 heterocycles. The zero-order chi connectivity index (χ0) is 19.4. The highest BCUT2D eigenvalue weighted by Gasteiger charge is 2.18. The molecule has 0 radical (unpaired) electrons. The molecule has 2 aromatic carbocycles. The molecule has 0 aliphatic rings. The number of hydrogen-bond donors (Lipinski definition) is 1. The zero-order valence-electron chi connectivity index (χ0n) is 14.1. The van der Waals surface area contributed by atoms with Gasteiger partial charge in [-0.3, -0.25) is 20.2 Å². The van der Waals surface area contributed by atoms with Crippen LogP contribution in [0.3, 0.4) is 0 Å². The molecule has 3 aromatic rings. The lowest BCUT2D eigenvalue weighted by Crippen LogP contribution is -2.12. The largest absolute Gasteiger partial charge is 0.493 e. The van der Waals surface area contributed by atoms with Crippen LogP contribution in [0, 0.1) is 10.1 Å². The number of aromatic nitrogens is 1. The van der Waals surface area contributed by atoms with Gasteiger partial charge < -0.3 is 4.74 Å². The summed E-state index contributed by atoms with van der Waals surface area (Å²) in [5.74, 6) is 0.132. The fraction of sp³-hybridized carbons (Fsp3) is 0.111. The van der Waals surface area contributed by atoms with Crippen LogP contribution in [-0.2, 0) is 0 Å². The van der Waals surface area contributed by atoms with Gasteiger partial charge in [-0.15, -0.1) is 11.3 Å². The van der Waals surface area contributed by atoms with E-state index in [4.69, 9.17) is 16.3 Å². The van der Waals surface area contributed by atoms with Crippen LogP contribution in [0.2, 0.25) is 5.02 Å². The van der Waals surface area contributed by atoms with Gasteiger partial charge in [0, 0.05) is 23.1 Å². The normalized spacial score (nSPS) is 10.4. The first kappa shape index (κ1) is 18.8. The molecular formula is C18H14ClN3O4S. The van der Waals surface area contributed by atoms with Crippen LogP contribution in [0.25, 0.3) is 11.3 Å². The molecule has 0 bridgehead atoms. The molecule has 0 fully saturated rings. The molecule has 0 spiro atoms. The van der Waals surface area contributed by atoms with Crippen molar-refractivity contribution in [1.82, 2.24) is 4.98 Å². The Morgan fingerprint density at radius 2 is 2.11 bits per heavy atom. The van der Waals surface area contributed by atoms with Crippen molar-refractivity contribution in [3.8, 4) is 17.0 Å². The third-order valence-corrected chi connectivity index (χ3v) is 4.68. The van der Waals surface area contributed by atoms with Crippen molar-refractivity contribution in [2.24, 2.45) is 0 Å². The maximum atomic E-state index is 12.4. The molecule has 0 saturated carbocycles. The molecule has 3 rings (SSSR count). The molecule has 27 heavy (non-hydrogen) atoms. The van der Waals surface area contributed by atoms with E-state index in [0.717, 1.165) is 11.6 Å². The van der Waals surface area contributed by atoms with Gasteiger partial charge in [0.05, 0.1) is 27.8 Å². The Balaban J connectivity index is 1.84. The van der Waals surface area contributed by atoms with Gasteiger partial charge in [-0.05, 0) is 25.1 Å². The van der Waals surface area contributed by atoms with Crippen LogP contribution in [-0.4, -0.2) is 22.4 Å². The van der Waals surface area contributed by atoms with Gasteiger partial charge >= 0.3 is 0 Å². The third kappa shape index (κ3) is 4.24. The SMILES string of the molecule is CCOc1ccccc1-c1csc(NC(=O)c2cc([N+](=O)[O-])ccc2Cl)n1. The number of nitro groups is 1. The second-order valence-electron chi connectivity index (χ2n) is 5.34. The summed E-state index contributed by atoms with van der Waals surface area (Å²) in [6.07, 6.45) is 0. The number of nitrogens with zero attached hydrogens (tertiary/aromatic N) is 2. The smallest absolute Gasteiger partial charge is 0.270 e. The maximum Gasteiger partial charge on any atom is 0.270 e. The Kier molecular flexibility index (Phi) is 5.68. The molecule has 0 aliphatic heterocycles. The number of carbonyl (C=O) groups excluding carboxylic acids is 1. The Morgan fingerprint density at radius 3 is 2.85 bits per heavy atom. The number of thiazole rings is 1. The molecule has 0 unspecified atom stereocenters. The molecule has 0 aliphatic carbocycles. The van der Waals surface area contributed by atoms with Crippen LogP contribution >= 0.6 is 22.9 Å². The van der Waals surface area contributed by atoms with Gasteiger partial charge in [0.2, 0.25) is 0 Å². The Morgan fingerprint density at radius 1 is 1.33 bits per heavy atom. The van der Waals surface area contributed by atoms with Gasteiger partial charge in [0.25, 0.3) is 11.6 Å². The van der Waals surface area contributed by atoms with Crippen LogP contribution in [0.1, 0.15) is 17.3 Å². The average molecular weight is 404 g/mol. The Bertz CT molecular complexity index is 1010. The molecule has 1 amide bonds. The average Bonchev–Trinajstić information content (AvgIpc) is 3.10. The summed E-state index contributed by atoms with van der Waals surface area (Å²) in [7, 11) is 0. The molecule has 9 heteroatoms. The number of anilines is 1. The van der Waals surface area contributed by atoms with E-state index in [0.29, 0.717) is 23.2 Å².